The van der Waals surface area contributed by atoms with Gasteiger partial charge in [0.2, 0.25) is 5.91 Å². The fraction of sp³-hybridized carbons (Fsp3) is 0.0909. The van der Waals surface area contributed by atoms with Crippen molar-refractivity contribution in [2.24, 2.45) is 0 Å². The number of amides is 1. The molecule has 0 unspecified atom stereocenters. The summed E-state index contributed by atoms with van der Waals surface area (Å²) in [7, 11) is 0. The zero-order chi connectivity index (χ0) is 14.5. The summed E-state index contributed by atoms with van der Waals surface area (Å²) in [4.78, 5) is 25.2. The van der Waals surface area contributed by atoms with E-state index in [1.165, 1.54) is 0 Å². The van der Waals surface area contributed by atoms with Crippen LogP contribution in [0.2, 0.25) is 10.0 Å². The van der Waals surface area contributed by atoms with Gasteiger partial charge in [-0.2, -0.15) is 5.10 Å². The molecule has 2 rings (SSSR count). The zero-order valence-corrected chi connectivity index (χ0v) is 12.2. The van der Waals surface area contributed by atoms with Crippen molar-refractivity contribution in [2.45, 2.75) is 5.16 Å². The number of benzene rings is 1. The van der Waals surface area contributed by atoms with Gasteiger partial charge in [0.15, 0.2) is 5.16 Å². The minimum absolute atomic E-state index is 0.0531. The molecule has 1 heterocycles. The maximum absolute atomic E-state index is 11.8. The Labute approximate surface area is 127 Å². The molecule has 2 aromatic rings. The van der Waals surface area contributed by atoms with Gasteiger partial charge in [0.1, 0.15) is 6.20 Å². The second-order valence-electron chi connectivity index (χ2n) is 3.58. The van der Waals surface area contributed by atoms with Crippen LogP contribution < -0.4 is 10.9 Å². The first-order valence-corrected chi connectivity index (χ1v) is 7.09. The summed E-state index contributed by atoms with van der Waals surface area (Å²) in [5.74, 6) is -0.247. The van der Waals surface area contributed by atoms with Crippen molar-refractivity contribution in [2.75, 3.05) is 11.1 Å². The monoisotopic (exact) mass is 330 g/mol. The normalized spacial score (nSPS) is 10.3. The molecule has 2 N–H and O–H groups in total. The Morgan fingerprint density at radius 3 is 2.95 bits per heavy atom. The standard InChI is InChI=1S/C11H8Cl2N4O2S/c12-6-2-1-3-7(10(6)13)15-9(19)5-20-11-16-8(18)4-14-17-11/h1-4H,5H2,(H,15,19)(H,16,17,18). The van der Waals surface area contributed by atoms with E-state index in [1.54, 1.807) is 18.2 Å². The fourth-order valence-electron chi connectivity index (χ4n) is 1.28. The second kappa shape index (κ2) is 6.74. The summed E-state index contributed by atoms with van der Waals surface area (Å²) in [6.07, 6.45) is 1.05. The molecular formula is C11H8Cl2N4O2S. The van der Waals surface area contributed by atoms with Crippen LogP contribution in [0.25, 0.3) is 0 Å². The molecule has 0 radical (unpaired) electrons. The van der Waals surface area contributed by atoms with Crippen LogP contribution in [0.1, 0.15) is 0 Å². The lowest BCUT2D eigenvalue weighted by molar-refractivity contribution is -0.113. The minimum Gasteiger partial charge on any atom is -0.324 e. The van der Waals surface area contributed by atoms with Crippen LogP contribution >= 0.6 is 35.0 Å². The maximum Gasteiger partial charge on any atom is 0.270 e. The first kappa shape index (κ1) is 14.8. The molecule has 1 amide bonds. The number of H-pyrrole nitrogens is 1. The number of halogens is 2. The summed E-state index contributed by atoms with van der Waals surface area (Å²) in [5.41, 5.74) is 0.0539. The molecule has 6 nitrogen and oxygen atoms in total. The predicted molar refractivity (Wildman–Crippen MR) is 78.5 cm³/mol. The molecule has 0 fully saturated rings. The van der Waals surface area contributed by atoms with Crippen LogP contribution in [0.4, 0.5) is 5.69 Å². The largest absolute Gasteiger partial charge is 0.324 e. The molecule has 104 valence electrons. The summed E-state index contributed by atoms with van der Waals surface area (Å²) >= 11 is 12.8. The van der Waals surface area contributed by atoms with E-state index in [2.05, 4.69) is 20.5 Å². The Morgan fingerprint density at radius 2 is 2.20 bits per heavy atom. The first-order chi connectivity index (χ1) is 9.56. The second-order valence-corrected chi connectivity index (χ2v) is 5.33. The lowest BCUT2D eigenvalue weighted by atomic mass is 10.3. The molecule has 0 saturated carbocycles. The number of aromatic amines is 1. The number of rotatable bonds is 4. The van der Waals surface area contributed by atoms with Gasteiger partial charge >= 0.3 is 0 Å². The van der Waals surface area contributed by atoms with Gasteiger partial charge in [-0.1, -0.05) is 41.0 Å². The molecule has 0 aliphatic carbocycles. The molecule has 9 heteroatoms. The highest BCUT2D eigenvalue weighted by Crippen LogP contribution is 2.29. The maximum atomic E-state index is 11.8. The highest BCUT2D eigenvalue weighted by Gasteiger charge is 2.09. The van der Waals surface area contributed by atoms with Gasteiger partial charge < -0.3 is 5.32 Å². The Bertz CT molecular complexity index is 692. The van der Waals surface area contributed by atoms with Gasteiger partial charge in [0, 0.05) is 0 Å². The van der Waals surface area contributed by atoms with Crippen molar-refractivity contribution in [1.82, 2.24) is 15.2 Å². The Balaban J connectivity index is 1.96. The van der Waals surface area contributed by atoms with Crippen LogP contribution in [0.3, 0.4) is 0 Å². The smallest absolute Gasteiger partial charge is 0.270 e. The minimum atomic E-state index is -0.374. The van der Waals surface area contributed by atoms with Crippen molar-refractivity contribution in [1.29, 1.82) is 0 Å². The van der Waals surface area contributed by atoms with Crippen molar-refractivity contribution < 1.29 is 4.79 Å². The van der Waals surface area contributed by atoms with Crippen molar-refractivity contribution in [3.05, 3.63) is 44.8 Å². The predicted octanol–water partition coefficient (Wildman–Crippen LogP) is 2.20. The third kappa shape index (κ3) is 3.96. The van der Waals surface area contributed by atoms with Gasteiger partial charge in [-0.05, 0) is 12.1 Å². The number of carbonyl (C=O) groups excluding carboxylic acids is 1. The van der Waals surface area contributed by atoms with Crippen molar-refractivity contribution in [3.8, 4) is 0 Å². The van der Waals surface area contributed by atoms with E-state index >= 15 is 0 Å². The topological polar surface area (TPSA) is 87.7 Å². The molecule has 0 spiro atoms. The third-order valence-electron chi connectivity index (χ3n) is 2.12. The van der Waals surface area contributed by atoms with Crippen LogP contribution in [-0.2, 0) is 4.79 Å². The molecular weight excluding hydrogens is 323 g/mol. The number of hydrogen-bond acceptors (Lipinski definition) is 5. The SMILES string of the molecule is O=C(CSc1nncc(=O)[nH]1)Nc1cccc(Cl)c1Cl. The number of nitrogens with one attached hydrogen (secondary N) is 2. The van der Waals surface area contributed by atoms with E-state index in [4.69, 9.17) is 23.2 Å². The van der Waals surface area contributed by atoms with Crippen LogP contribution in [0.5, 0.6) is 0 Å². The van der Waals surface area contributed by atoms with Crippen LogP contribution in [-0.4, -0.2) is 26.8 Å². The lowest BCUT2D eigenvalue weighted by Gasteiger charge is -2.07. The van der Waals surface area contributed by atoms with Crippen LogP contribution in [0, 0.1) is 0 Å². The van der Waals surface area contributed by atoms with E-state index in [-0.39, 0.29) is 27.4 Å². The molecule has 0 aliphatic rings. The lowest BCUT2D eigenvalue weighted by Crippen LogP contribution is -2.15. The Morgan fingerprint density at radius 1 is 1.40 bits per heavy atom. The average Bonchev–Trinajstić information content (AvgIpc) is 2.42. The molecule has 0 bridgehead atoms. The van der Waals surface area contributed by atoms with E-state index in [9.17, 15) is 9.59 Å². The van der Waals surface area contributed by atoms with Gasteiger partial charge in [0.05, 0.1) is 21.5 Å². The first-order valence-electron chi connectivity index (χ1n) is 5.35. The van der Waals surface area contributed by atoms with Crippen molar-refractivity contribution >= 4 is 46.6 Å². The zero-order valence-electron chi connectivity index (χ0n) is 9.89. The van der Waals surface area contributed by atoms with E-state index in [0.29, 0.717) is 10.7 Å². The summed E-state index contributed by atoms with van der Waals surface area (Å²) in [6, 6.07) is 4.94. The average molecular weight is 331 g/mol. The van der Waals surface area contributed by atoms with Crippen LogP contribution in [0.15, 0.2) is 34.3 Å². The number of anilines is 1. The van der Waals surface area contributed by atoms with Gasteiger partial charge in [-0.25, -0.2) is 0 Å². The number of hydrogen-bond donors (Lipinski definition) is 2. The third-order valence-corrected chi connectivity index (χ3v) is 3.80. The van der Waals surface area contributed by atoms with Gasteiger partial charge in [0.25, 0.3) is 5.56 Å². The molecule has 20 heavy (non-hydrogen) atoms. The highest BCUT2D eigenvalue weighted by molar-refractivity contribution is 7.99. The molecule has 1 aromatic carbocycles. The molecule has 1 aromatic heterocycles. The Kier molecular flexibility index (Phi) is 4.99. The van der Waals surface area contributed by atoms with Gasteiger partial charge in [-0.15, -0.1) is 5.10 Å². The number of aromatic nitrogens is 3. The fourth-order valence-corrected chi connectivity index (χ4v) is 2.25. The van der Waals surface area contributed by atoms with Gasteiger partial charge in [-0.3, -0.25) is 14.6 Å². The molecule has 0 atom stereocenters. The van der Waals surface area contributed by atoms with E-state index in [1.807, 2.05) is 0 Å². The number of thioether (sulfide) groups is 1. The molecule has 0 saturated heterocycles. The highest BCUT2D eigenvalue weighted by atomic mass is 35.5. The van der Waals surface area contributed by atoms with Crippen molar-refractivity contribution in [3.63, 3.8) is 0 Å². The summed E-state index contributed by atoms with van der Waals surface area (Å²) < 4.78 is 0. The summed E-state index contributed by atoms with van der Waals surface area (Å²) in [6.45, 7) is 0. The molecule has 0 aliphatic heterocycles. The number of carbonyl (C=O) groups is 1. The van der Waals surface area contributed by atoms with E-state index < -0.39 is 0 Å². The number of nitrogens with zero attached hydrogens (tertiary/aromatic N) is 2. The summed E-state index contributed by atoms with van der Waals surface area (Å²) in [5, 5.41) is 10.7. The Hall–Kier alpha value is -1.57. The van der Waals surface area contributed by atoms with E-state index in [0.717, 1.165) is 18.0 Å². The quantitative estimate of drug-likeness (QED) is 0.839.